The third-order valence-electron chi connectivity index (χ3n) is 1.37. The molecule has 0 aliphatic carbocycles. The quantitative estimate of drug-likeness (QED) is 0.476. The van der Waals surface area contributed by atoms with E-state index in [9.17, 15) is 17.6 Å². The molecule has 1 aromatic rings. The van der Waals surface area contributed by atoms with Crippen molar-refractivity contribution in [2.75, 3.05) is 0 Å². The molecular weight excluding hydrogens is 210 g/mol. The predicted octanol–water partition coefficient (Wildman–Crippen LogP) is 3.20. The second kappa shape index (κ2) is 3.14. The summed E-state index contributed by atoms with van der Waals surface area (Å²) in [5.74, 6) is -1.41. The van der Waals surface area contributed by atoms with Gasteiger partial charge in [0.15, 0.2) is 11.5 Å². The van der Waals surface area contributed by atoms with Gasteiger partial charge in [-0.2, -0.15) is 13.2 Å². The first-order valence-corrected chi connectivity index (χ1v) is 3.60. The number of aryl methyl sites for hydroxylation is 1. The second-order valence-corrected chi connectivity index (χ2v) is 2.78. The molecule has 1 nitrogen and oxygen atoms in total. The van der Waals surface area contributed by atoms with Gasteiger partial charge < -0.3 is 0 Å². The van der Waals surface area contributed by atoms with Crippen LogP contribution in [0.1, 0.15) is 11.3 Å². The number of pyridine rings is 1. The van der Waals surface area contributed by atoms with Crippen LogP contribution in [0.25, 0.3) is 0 Å². The molecule has 13 heavy (non-hydrogen) atoms. The first-order chi connectivity index (χ1) is 5.82. The number of rotatable bonds is 0. The molecule has 6 heteroatoms. The maximum atomic E-state index is 12.7. The standard InChI is InChI=1S/C7H4ClF4N/c1-3-2-4(9)5(7(10,11)12)13-6(3)8/h2H,1H3. The maximum Gasteiger partial charge on any atom is 0.436 e. The molecule has 1 aromatic heterocycles. The lowest BCUT2D eigenvalue weighted by molar-refractivity contribution is -0.143. The molecule has 0 amide bonds. The maximum absolute atomic E-state index is 12.7. The Hall–Kier alpha value is -0.840. The molecule has 0 unspecified atom stereocenters. The predicted molar refractivity (Wildman–Crippen MR) is 38.9 cm³/mol. The molecule has 72 valence electrons. The molecular formula is C7H4ClF4N. The average molecular weight is 214 g/mol. The zero-order valence-corrected chi connectivity index (χ0v) is 7.17. The smallest absolute Gasteiger partial charge is 0.228 e. The fraction of sp³-hybridized carbons (Fsp3) is 0.286. The molecule has 0 aliphatic rings. The molecule has 0 aromatic carbocycles. The van der Waals surface area contributed by atoms with Crippen molar-refractivity contribution < 1.29 is 17.6 Å². The summed E-state index contributed by atoms with van der Waals surface area (Å²) >= 11 is 5.31. The van der Waals surface area contributed by atoms with Gasteiger partial charge in [0.2, 0.25) is 0 Å². The van der Waals surface area contributed by atoms with Crippen LogP contribution < -0.4 is 0 Å². The van der Waals surface area contributed by atoms with E-state index in [1.54, 1.807) is 0 Å². The van der Waals surface area contributed by atoms with E-state index in [2.05, 4.69) is 4.98 Å². The van der Waals surface area contributed by atoms with Gasteiger partial charge >= 0.3 is 6.18 Å². The molecule has 0 saturated carbocycles. The Morgan fingerprint density at radius 1 is 1.38 bits per heavy atom. The fourth-order valence-corrected chi connectivity index (χ4v) is 0.896. The molecule has 1 heterocycles. The van der Waals surface area contributed by atoms with Crippen LogP contribution in [-0.2, 0) is 6.18 Å². The van der Waals surface area contributed by atoms with Crippen molar-refractivity contribution >= 4 is 11.6 Å². The van der Waals surface area contributed by atoms with Crippen LogP contribution in [0.4, 0.5) is 17.6 Å². The lowest BCUT2D eigenvalue weighted by Gasteiger charge is -2.07. The number of halogens is 5. The third-order valence-corrected chi connectivity index (χ3v) is 1.76. The van der Waals surface area contributed by atoms with Crippen LogP contribution in [0.3, 0.4) is 0 Å². The summed E-state index contributed by atoms with van der Waals surface area (Å²) in [4.78, 5) is 2.91. The zero-order chi connectivity index (χ0) is 10.2. The number of alkyl halides is 3. The second-order valence-electron chi connectivity index (χ2n) is 2.42. The minimum atomic E-state index is -4.80. The van der Waals surface area contributed by atoms with E-state index in [4.69, 9.17) is 11.6 Å². The first kappa shape index (κ1) is 10.2. The van der Waals surface area contributed by atoms with E-state index in [0.29, 0.717) is 6.07 Å². The number of hydrogen-bond donors (Lipinski definition) is 0. The van der Waals surface area contributed by atoms with Crippen LogP contribution in [0, 0.1) is 12.7 Å². The third kappa shape index (κ3) is 2.09. The summed E-state index contributed by atoms with van der Waals surface area (Å²) in [5, 5.41) is -0.339. The Bertz CT molecular complexity index is 334. The fourth-order valence-electron chi connectivity index (χ4n) is 0.757. The van der Waals surface area contributed by atoms with E-state index in [1.807, 2.05) is 0 Å². The van der Waals surface area contributed by atoms with Crippen molar-refractivity contribution in [3.8, 4) is 0 Å². The van der Waals surface area contributed by atoms with E-state index in [0.717, 1.165) is 0 Å². The highest BCUT2D eigenvalue weighted by atomic mass is 35.5. The Kier molecular flexibility index (Phi) is 2.47. The topological polar surface area (TPSA) is 12.9 Å². The van der Waals surface area contributed by atoms with Gasteiger partial charge in [0.25, 0.3) is 0 Å². The van der Waals surface area contributed by atoms with E-state index >= 15 is 0 Å². The van der Waals surface area contributed by atoms with E-state index in [1.165, 1.54) is 6.92 Å². The molecule has 0 radical (unpaired) electrons. The van der Waals surface area contributed by atoms with Gasteiger partial charge in [0, 0.05) is 0 Å². The van der Waals surface area contributed by atoms with Crippen molar-refractivity contribution in [1.82, 2.24) is 4.98 Å². The monoisotopic (exact) mass is 213 g/mol. The molecule has 0 saturated heterocycles. The van der Waals surface area contributed by atoms with Crippen LogP contribution in [0.5, 0.6) is 0 Å². The lowest BCUT2D eigenvalue weighted by atomic mass is 10.2. The van der Waals surface area contributed by atoms with Gasteiger partial charge in [-0.3, -0.25) is 0 Å². The van der Waals surface area contributed by atoms with Gasteiger partial charge in [0.1, 0.15) is 5.15 Å². The number of nitrogens with zero attached hydrogens (tertiary/aromatic N) is 1. The van der Waals surface area contributed by atoms with Gasteiger partial charge in [-0.05, 0) is 18.6 Å². The van der Waals surface area contributed by atoms with Crippen LogP contribution in [-0.4, -0.2) is 4.98 Å². The Labute approximate surface area is 76.3 Å². The lowest BCUT2D eigenvalue weighted by Crippen LogP contribution is -2.11. The van der Waals surface area contributed by atoms with Gasteiger partial charge in [0.05, 0.1) is 0 Å². The number of aromatic nitrogens is 1. The van der Waals surface area contributed by atoms with Crippen molar-refractivity contribution in [2.45, 2.75) is 13.1 Å². The summed E-state index contributed by atoms with van der Waals surface area (Å²) in [5.41, 5.74) is -1.41. The van der Waals surface area contributed by atoms with Crippen LogP contribution >= 0.6 is 11.6 Å². The Morgan fingerprint density at radius 3 is 2.38 bits per heavy atom. The number of hydrogen-bond acceptors (Lipinski definition) is 1. The molecule has 0 bridgehead atoms. The highest BCUT2D eigenvalue weighted by Crippen LogP contribution is 2.31. The SMILES string of the molecule is Cc1cc(F)c(C(F)(F)F)nc1Cl. The van der Waals surface area contributed by atoms with Gasteiger partial charge in [-0.15, -0.1) is 0 Å². The Morgan fingerprint density at radius 2 is 1.92 bits per heavy atom. The minimum absolute atomic E-state index is 0.173. The first-order valence-electron chi connectivity index (χ1n) is 3.22. The molecule has 0 atom stereocenters. The molecule has 0 spiro atoms. The Balaban J connectivity index is 3.32. The summed E-state index contributed by atoms with van der Waals surface area (Å²) in [7, 11) is 0. The summed E-state index contributed by atoms with van der Waals surface area (Å²) in [6.45, 7) is 1.37. The molecule has 0 fully saturated rings. The normalized spacial score (nSPS) is 11.8. The zero-order valence-electron chi connectivity index (χ0n) is 6.41. The van der Waals surface area contributed by atoms with E-state index < -0.39 is 17.7 Å². The van der Waals surface area contributed by atoms with Crippen molar-refractivity contribution in [2.24, 2.45) is 0 Å². The molecule has 0 N–H and O–H groups in total. The summed E-state index contributed by atoms with van der Waals surface area (Å²) < 4.78 is 48.7. The van der Waals surface area contributed by atoms with E-state index in [-0.39, 0.29) is 10.7 Å². The van der Waals surface area contributed by atoms with Gasteiger partial charge in [-0.25, -0.2) is 9.37 Å². The van der Waals surface area contributed by atoms with Crippen LogP contribution in [0.2, 0.25) is 5.15 Å². The minimum Gasteiger partial charge on any atom is -0.228 e. The summed E-state index contributed by atoms with van der Waals surface area (Å²) in [6, 6.07) is 0.707. The van der Waals surface area contributed by atoms with Crippen LogP contribution in [0.15, 0.2) is 6.07 Å². The molecule has 1 rings (SSSR count). The average Bonchev–Trinajstić information content (AvgIpc) is 1.94. The van der Waals surface area contributed by atoms with Crippen molar-refractivity contribution in [3.63, 3.8) is 0 Å². The highest BCUT2D eigenvalue weighted by Gasteiger charge is 2.36. The largest absolute Gasteiger partial charge is 0.436 e. The molecule has 0 aliphatic heterocycles. The summed E-state index contributed by atoms with van der Waals surface area (Å²) in [6.07, 6.45) is -4.80. The van der Waals surface area contributed by atoms with Gasteiger partial charge in [-0.1, -0.05) is 11.6 Å². The highest BCUT2D eigenvalue weighted by molar-refractivity contribution is 6.30. The van der Waals surface area contributed by atoms with Crippen molar-refractivity contribution in [3.05, 3.63) is 28.3 Å². The van der Waals surface area contributed by atoms with Crippen molar-refractivity contribution in [1.29, 1.82) is 0 Å².